The molecule has 0 radical (unpaired) electrons. The number of hydrogen-bond donors (Lipinski definition) is 0. The van der Waals surface area contributed by atoms with Gasteiger partial charge in [-0.1, -0.05) is 72.8 Å². The van der Waals surface area contributed by atoms with Crippen molar-refractivity contribution < 1.29 is 0 Å². The number of pyridine rings is 1. The summed E-state index contributed by atoms with van der Waals surface area (Å²) in [6, 6.07) is 32.4. The lowest BCUT2D eigenvalue weighted by atomic mass is 9.88. The number of benzene rings is 3. The molecule has 1 heterocycles. The normalized spacial score (nSPS) is 12.6. The minimum atomic E-state index is 0.288. The zero-order valence-electron chi connectivity index (χ0n) is 13.8. The van der Waals surface area contributed by atoms with E-state index in [-0.39, 0.29) is 5.92 Å². The van der Waals surface area contributed by atoms with Crippen LogP contribution in [0, 0.1) is 0 Å². The van der Waals surface area contributed by atoms with Crippen molar-refractivity contribution in [1.82, 2.24) is 4.98 Å². The lowest BCUT2D eigenvalue weighted by Crippen LogP contribution is -1.99. The molecule has 0 spiro atoms. The van der Waals surface area contributed by atoms with Crippen LogP contribution in [-0.2, 0) is 0 Å². The second-order valence-corrected chi connectivity index (χ2v) is 6.45. The van der Waals surface area contributed by atoms with Crippen molar-refractivity contribution in [2.24, 2.45) is 0 Å². The lowest BCUT2D eigenvalue weighted by Gasteiger charge is -2.15. The average Bonchev–Trinajstić information content (AvgIpc) is 3.03. The molecule has 1 heteroatoms. The zero-order valence-corrected chi connectivity index (χ0v) is 13.8. The van der Waals surface area contributed by atoms with E-state index < -0.39 is 0 Å². The molecule has 0 atom stereocenters. The Morgan fingerprint density at radius 2 is 1.28 bits per heavy atom. The molecule has 1 aliphatic rings. The Bertz CT molecular complexity index is 1000. The fourth-order valence-corrected chi connectivity index (χ4v) is 3.93. The van der Waals surface area contributed by atoms with Crippen molar-refractivity contribution in [3.63, 3.8) is 0 Å². The predicted octanol–water partition coefficient (Wildman–Crippen LogP) is 5.91. The van der Waals surface area contributed by atoms with Crippen LogP contribution in [0.5, 0.6) is 0 Å². The number of hydrogen-bond acceptors (Lipinski definition) is 1. The summed E-state index contributed by atoms with van der Waals surface area (Å²) < 4.78 is 0. The van der Waals surface area contributed by atoms with E-state index in [0.717, 1.165) is 5.69 Å². The minimum Gasteiger partial charge on any atom is -0.256 e. The smallest absolute Gasteiger partial charge is 0.0702 e. The minimum absolute atomic E-state index is 0.288. The van der Waals surface area contributed by atoms with Crippen LogP contribution in [0.1, 0.15) is 22.6 Å². The van der Waals surface area contributed by atoms with Gasteiger partial charge in [0.15, 0.2) is 0 Å². The van der Waals surface area contributed by atoms with Crippen LogP contribution in [0.15, 0.2) is 97.2 Å². The summed E-state index contributed by atoms with van der Waals surface area (Å²) in [6.45, 7) is 0. The molecule has 0 fully saturated rings. The van der Waals surface area contributed by atoms with Crippen molar-refractivity contribution in [2.75, 3.05) is 0 Å². The number of aromatic nitrogens is 1. The Morgan fingerprint density at radius 3 is 1.96 bits per heavy atom. The molecular weight excluding hydrogens is 302 g/mol. The van der Waals surface area contributed by atoms with E-state index in [1.165, 1.54) is 33.4 Å². The van der Waals surface area contributed by atoms with Gasteiger partial charge in [0.25, 0.3) is 0 Å². The number of fused-ring (bicyclic) bond motifs is 3. The summed E-state index contributed by atoms with van der Waals surface area (Å²) in [5.74, 6) is 0.288. The van der Waals surface area contributed by atoms with Crippen molar-refractivity contribution in [2.45, 2.75) is 5.92 Å². The second kappa shape index (κ2) is 5.71. The van der Waals surface area contributed by atoms with Gasteiger partial charge in [-0.05, 0) is 46.0 Å². The van der Waals surface area contributed by atoms with E-state index in [1.54, 1.807) is 0 Å². The van der Waals surface area contributed by atoms with E-state index >= 15 is 0 Å². The maximum Gasteiger partial charge on any atom is 0.0702 e. The van der Waals surface area contributed by atoms with Gasteiger partial charge in [-0.25, -0.2) is 0 Å². The zero-order chi connectivity index (χ0) is 16.6. The van der Waals surface area contributed by atoms with Crippen LogP contribution < -0.4 is 0 Å². The highest BCUT2D eigenvalue weighted by atomic mass is 14.7. The van der Waals surface area contributed by atoms with Crippen LogP contribution in [-0.4, -0.2) is 4.98 Å². The topological polar surface area (TPSA) is 12.9 Å². The van der Waals surface area contributed by atoms with E-state index in [1.807, 2.05) is 18.3 Å². The van der Waals surface area contributed by atoms with E-state index in [2.05, 4.69) is 83.8 Å². The molecule has 0 bridgehead atoms. The highest BCUT2D eigenvalue weighted by molar-refractivity contribution is 5.81. The quantitative estimate of drug-likeness (QED) is 0.394. The molecule has 3 aromatic carbocycles. The molecule has 25 heavy (non-hydrogen) atoms. The van der Waals surface area contributed by atoms with Crippen molar-refractivity contribution in [1.29, 1.82) is 0 Å². The molecule has 1 nitrogen and oxygen atoms in total. The van der Waals surface area contributed by atoms with Gasteiger partial charge in [0.1, 0.15) is 0 Å². The van der Waals surface area contributed by atoms with Crippen LogP contribution in [0.4, 0.5) is 0 Å². The molecule has 118 valence electrons. The largest absolute Gasteiger partial charge is 0.256 e. The van der Waals surface area contributed by atoms with Gasteiger partial charge < -0.3 is 0 Å². The third kappa shape index (κ3) is 2.28. The van der Waals surface area contributed by atoms with E-state index in [0.29, 0.717) is 0 Å². The molecule has 0 unspecified atom stereocenters. The number of rotatable bonds is 2. The first-order valence-corrected chi connectivity index (χ1v) is 8.61. The summed E-state index contributed by atoms with van der Waals surface area (Å²) in [5.41, 5.74) is 8.99. The first-order valence-electron chi connectivity index (χ1n) is 8.61. The fraction of sp³-hybridized carbons (Fsp3) is 0.0417. The molecular formula is C24H17N. The van der Waals surface area contributed by atoms with Crippen LogP contribution in [0.2, 0.25) is 0 Å². The molecule has 4 aromatic rings. The molecule has 0 N–H and O–H groups in total. The summed E-state index contributed by atoms with van der Waals surface area (Å²) in [7, 11) is 0. The number of nitrogens with zero attached hydrogens (tertiary/aromatic N) is 1. The van der Waals surface area contributed by atoms with Gasteiger partial charge in [0, 0.05) is 17.7 Å². The Balaban J connectivity index is 1.69. The van der Waals surface area contributed by atoms with Crippen LogP contribution >= 0.6 is 0 Å². The van der Waals surface area contributed by atoms with Gasteiger partial charge in [0.2, 0.25) is 0 Å². The standard InChI is InChI=1S/C24H17N/c1-3-12-21-19(10-1)20-11-2-4-13-22(20)24(21)18-9-7-8-17(16-18)23-14-5-6-15-25-23/h1-16,24H. The first-order chi connectivity index (χ1) is 12.4. The fourth-order valence-electron chi connectivity index (χ4n) is 3.93. The average molecular weight is 319 g/mol. The van der Waals surface area contributed by atoms with Gasteiger partial charge in [-0.2, -0.15) is 0 Å². The second-order valence-electron chi connectivity index (χ2n) is 6.45. The maximum absolute atomic E-state index is 4.51. The highest BCUT2D eigenvalue weighted by Crippen LogP contribution is 2.47. The van der Waals surface area contributed by atoms with Gasteiger partial charge in [-0.3, -0.25) is 4.98 Å². The Morgan fingerprint density at radius 1 is 0.600 bits per heavy atom. The van der Waals surface area contributed by atoms with E-state index in [9.17, 15) is 0 Å². The molecule has 5 rings (SSSR count). The molecule has 0 aliphatic heterocycles. The van der Waals surface area contributed by atoms with Crippen LogP contribution in [0.3, 0.4) is 0 Å². The van der Waals surface area contributed by atoms with Gasteiger partial charge in [-0.15, -0.1) is 0 Å². The molecule has 0 amide bonds. The molecule has 0 saturated heterocycles. The predicted molar refractivity (Wildman–Crippen MR) is 102 cm³/mol. The molecule has 0 saturated carbocycles. The van der Waals surface area contributed by atoms with Gasteiger partial charge in [0.05, 0.1) is 5.69 Å². The third-order valence-electron chi connectivity index (χ3n) is 5.01. The summed E-state index contributed by atoms with van der Waals surface area (Å²) >= 11 is 0. The summed E-state index contributed by atoms with van der Waals surface area (Å²) in [5, 5.41) is 0. The SMILES string of the molecule is c1ccc(-c2cccc(C3c4ccccc4-c4ccccc43)c2)nc1. The van der Waals surface area contributed by atoms with Crippen molar-refractivity contribution >= 4 is 0 Å². The highest BCUT2D eigenvalue weighted by Gasteiger charge is 2.29. The Kier molecular flexibility index (Phi) is 3.24. The Labute approximate surface area is 147 Å². The monoisotopic (exact) mass is 319 g/mol. The van der Waals surface area contributed by atoms with Crippen LogP contribution in [0.25, 0.3) is 22.4 Å². The summed E-state index contributed by atoms with van der Waals surface area (Å²) in [6.07, 6.45) is 1.85. The third-order valence-corrected chi connectivity index (χ3v) is 5.01. The molecule has 1 aromatic heterocycles. The van der Waals surface area contributed by atoms with Gasteiger partial charge >= 0.3 is 0 Å². The molecule has 1 aliphatic carbocycles. The maximum atomic E-state index is 4.51. The van der Waals surface area contributed by atoms with Crippen molar-refractivity contribution in [3.8, 4) is 22.4 Å². The Hall–Kier alpha value is -3.19. The lowest BCUT2D eigenvalue weighted by molar-refractivity contribution is 1.01. The summed E-state index contributed by atoms with van der Waals surface area (Å²) in [4.78, 5) is 4.51. The van der Waals surface area contributed by atoms with E-state index in [4.69, 9.17) is 0 Å². The first kappa shape index (κ1) is 14.2. The van der Waals surface area contributed by atoms with Crippen molar-refractivity contribution in [3.05, 3.63) is 114 Å².